The van der Waals surface area contributed by atoms with Crippen molar-refractivity contribution >= 4 is 5.97 Å². The molecule has 1 aromatic carbocycles. The summed E-state index contributed by atoms with van der Waals surface area (Å²) in [5, 5.41) is 12.6. The van der Waals surface area contributed by atoms with E-state index in [2.05, 4.69) is 5.16 Å². The van der Waals surface area contributed by atoms with Crippen LogP contribution in [0.2, 0.25) is 0 Å². The van der Waals surface area contributed by atoms with Gasteiger partial charge in [0.25, 0.3) is 0 Å². The number of aryl methyl sites for hydroxylation is 1. The fourth-order valence-corrected chi connectivity index (χ4v) is 1.43. The number of benzene rings is 1. The Balaban J connectivity index is 2.17. The van der Waals surface area contributed by atoms with Crippen LogP contribution in [0.15, 0.2) is 28.8 Å². The molecule has 0 aliphatic carbocycles. The molecule has 2 aromatic rings. The number of rotatable bonds is 4. The summed E-state index contributed by atoms with van der Waals surface area (Å²) in [5.74, 6) is -1.16. The van der Waals surface area contributed by atoms with Gasteiger partial charge in [0.2, 0.25) is 0 Å². The number of carboxylic acid groups (broad SMARTS) is 1. The van der Waals surface area contributed by atoms with Gasteiger partial charge in [-0.15, -0.1) is 0 Å². The lowest BCUT2D eigenvalue weighted by Crippen LogP contribution is -2.04. The third-order valence-corrected chi connectivity index (χ3v) is 2.23. The maximum absolute atomic E-state index is 13.0. The topological polar surface area (TPSA) is 72.6 Å². The molecule has 5 nitrogen and oxygen atoms in total. The first-order valence-corrected chi connectivity index (χ1v) is 5.14. The van der Waals surface area contributed by atoms with Gasteiger partial charge in [-0.1, -0.05) is 5.16 Å². The van der Waals surface area contributed by atoms with Gasteiger partial charge in [0, 0.05) is 12.1 Å². The highest BCUT2D eigenvalue weighted by atomic mass is 19.1. The largest absolute Gasteiger partial charge is 0.486 e. The standard InChI is InChI=1S/C12H10FNO4/c1-7-4-9(14-18-7)6-17-11-5-8(13)2-3-10(11)12(15)16/h2-5H,6H2,1H3,(H,15,16). The Labute approximate surface area is 102 Å². The van der Waals surface area contributed by atoms with Crippen LogP contribution in [0, 0.1) is 12.7 Å². The highest BCUT2D eigenvalue weighted by Gasteiger charge is 2.13. The lowest BCUT2D eigenvalue weighted by Gasteiger charge is -2.07. The molecule has 1 aromatic heterocycles. The van der Waals surface area contributed by atoms with Crippen LogP contribution in [-0.4, -0.2) is 16.2 Å². The van der Waals surface area contributed by atoms with Gasteiger partial charge in [0.05, 0.1) is 0 Å². The molecule has 0 saturated heterocycles. The SMILES string of the molecule is Cc1cc(COc2cc(F)ccc2C(=O)O)no1. The number of hydrogen-bond donors (Lipinski definition) is 1. The van der Waals surface area contributed by atoms with Crippen molar-refractivity contribution in [3.8, 4) is 5.75 Å². The molecule has 0 atom stereocenters. The third kappa shape index (κ3) is 2.65. The zero-order valence-electron chi connectivity index (χ0n) is 9.51. The predicted molar refractivity (Wildman–Crippen MR) is 58.9 cm³/mol. The molecular formula is C12H10FNO4. The highest BCUT2D eigenvalue weighted by molar-refractivity contribution is 5.90. The molecule has 18 heavy (non-hydrogen) atoms. The zero-order chi connectivity index (χ0) is 13.1. The molecule has 0 saturated carbocycles. The van der Waals surface area contributed by atoms with Crippen molar-refractivity contribution in [1.82, 2.24) is 5.16 Å². The molecule has 6 heteroatoms. The van der Waals surface area contributed by atoms with Crippen LogP contribution in [0.5, 0.6) is 5.75 Å². The number of hydrogen-bond acceptors (Lipinski definition) is 4. The average molecular weight is 251 g/mol. The fraction of sp³-hybridized carbons (Fsp3) is 0.167. The highest BCUT2D eigenvalue weighted by Crippen LogP contribution is 2.21. The molecule has 0 unspecified atom stereocenters. The van der Waals surface area contributed by atoms with Crippen LogP contribution in [0.1, 0.15) is 21.8 Å². The molecule has 2 rings (SSSR count). The van der Waals surface area contributed by atoms with E-state index in [9.17, 15) is 9.18 Å². The molecule has 94 valence electrons. The van der Waals surface area contributed by atoms with Gasteiger partial charge in [0.1, 0.15) is 35.2 Å². The lowest BCUT2D eigenvalue weighted by atomic mass is 10.2. The van der Waals surface area contributed by atoms with E-state index in [1.165, 1.54) is 0 Å². The number of ether oxygens (including phenoxy) is 1. The van der Waals surface area contributed by atoms with E-state index in [4.69, 9.17) is 14.4 Å². The molecule has 0 spiro atoms. The summed E-state index contributed by atoms with van der Waals surface area (Å²) in [4.78, 5) is 10.9. The summed E-state index contributed by atoms with van der Waals surface area (Å²) in [6, 6.07) is 4.90. The first kappa shape index (κ1) is 12.1. The Morgan fingerprint density at radius 1 is 1.50 bits per heavy atom. The van der Waals surface area contributed by atoms with Crippen LogP contribution in [0.25, 0.3) is 0 Å². The summed E-state index contributed by atoms with van der Waals surface area (Å²) in [6.45, 7) is 1.74. The quantitative estimate of drug-likeness (QED) is 0.903. The van der Waals surface area contributed by atoms with Gasteiger partial charge in [0.15, 0.2) is 0 Å². The van der Waals surface area contributed by atoms with E-state index >= 15 is 0 Å². The van der Waals surface area contributed by atoms with Crippen molar-refractivity contribution in [3.05, 3.63) is 47.1 Å². The summed E-state index contributed by atoms with van der Waals surface area (Å²) in [5.41, 5.74) is 0.407. The summed E-state index contributed by atoms with van der Waals surface area (Å²) in [6.07, 6.45) is 0. The smallest absolute Gasteiger partial charge is 0.339 e. The lowest BCUT2D eigenvalue weighted by molar-refractivity contribution is 0.0691. The van der Waals surface area contributed by atoms with Crippen molar-refractivity contribution in [2.75, 3.05) is 0 Å². The average Bonchev–Trinajstić information content (AvgIpc) is 2.72. The Morgan fingerprint density at radius 3 is 2.89 bits per heavy atom. The van der Waals surface area contributed by atoms with Crippen molar-refractivity contribution in [2.24, 2.45) is 0 Å². The molecule has 0 aliphatic heterocycles. The second-order valence-corrected chi connectivity index (χ2v) is 3.66. The third-order valence-electron chi connectivity index (χ3n) is 2.23. The van der Waals surface area contributed by atoms with Crippen molar-refractivity contribution in [1.29, 1.82) is 0 Å². The van der Waals surface area contributed by atoms with Crippen LogP contribution in [0.3, 0.4) is 0 Å². The minimum absolute atomic E-state index is 0.0150. The van der Waals surface area contributed by atoms with Gasteiger partial charge >= 0.3 is 5.97 Å². The number of aromatic nitrogens is 1. The number of halogens is 1. The Bertz CT molecular complexity index is 579. The van der Waals surface area contributed by atoms with E-state index in [-0.39, 0.29) is 17.9 Å². The maximum atomic E-state index is 13.0. The minimum Gasteiger partial charge on any atom is -0.486 e. The van der Waals surface area contributed by atoms with Gasteiger partial charge in [-0.05, 0) is 19.1 Å². The number of aromatic carboxylic acids is 1. The Kier molecular flexibility index (Phi) is 3.27. The van der Waals surface area contributed by atoms with Crippen LogP contribution in [-0.2, 0) is 6.61 Å². The van der Waals surface area contributed by atoms with Crippen LogP contribution >= 0.6 is 0 Å². The molecule has 0 amide bonds. The summed E-state index contributed by atoms with van der Waals surface area (Å²) in [7, 11) is 0. The summed E-state index contributed by atoms with van der Waals surface area (Å²) >= 11 is 0. The molecule has 1 N–H and O–H groups in total. The van der Waals surface area contributed by atoms with E-state index in [0.29, 0.717) is 11.5 Å². The maximum Gasteiger partial charge on any atom is 0.339 e. The van der Waals surface area contributed by atoms with E-state index in [0.717, 1.165) is 18.2 Å². The zero-order valence-corrected chi connectivity index (χ0v) is 9.51. The van der Waals surface area contributed by atoms with Crippen molar-refractivity contribution < 1.29 is 23.6 Å². The van der Waals surface area contributed by atoms with Crippen molar-refractivity contribution in [2.45, 2.75) is 13.5 Å². The van der Waals surface area contributed by atoms with E-state index in [1.807, 2.05) is 0 Å². The Hall–Kier alpha value is -2.37. The molecular weight excluding hydrogens is 241 g/mol. The molecule has 0 bridgehead atoms. The van der Waals surface area contributed by atoms with Crippen molar-refractivity contribution in [3.63, 3.8) is 0 Å². The van der Waals surface area contributed by atoms with Gasteiger partial charge in [-0.2, -0.15) is 0 Å². The normalized spacial score (nSPS) is 10.3. The van der Waals surface area contributed by atoms with E-state index < -0.39 is 11.8 Å². The molecule has 0 aliphatic rings. The van der Waals surface area contributed by atoms with Gasteiger partial charge in [-0.3, -0.25) is 0 Å². The van der Waals surface area contributed by atoms with Gasteiger partial charge in [-0.25, -0.2) is 9.18 Å². The molecule has 0 fully saturated rings. The minimum atomic E-state index is -1.18. The molecule has 1 heterocycles. The molecule has 0 radical (unpaired) electrons. The second-order valence-electron chi connectivity index (χ2n) is 3.66. The number of carboxylic acids is 1. The number of nitrogens with zero attached hydrogens (tertiary/aromatic N) is 1. The van der Waals surface area contributed by atoms with E-state index in [1.54, 1.807) is 13.0 Å². The predicted octanol–water partition coefficient (Wildman–Crippen LogP) is 2.40. The first-order chi connectivity index (χ1) is 8.56. The van der Waals surface area contributed by atoms with Crippen LogP contribution < -0.4 is 4.74 Å². The fourth-order valence-electron chi connectivity index (χ4n) is 1.43. The summed E-state index contributed by atoms with van der Waals surface area (Å²) < 4.78 is 23.1. The van der Waals surface area contributed by atoms with Crippen LogP contribution in [0.4, 0.5) is 4.39 Å². The van der Waals surface area contributed by atoms with Gasteiger partial charge < -0.3 is 14.4 Å². The monoisotopic (exact) mass is 251 g/mol. The number of carbonyl (C=O) groups is 1. The second kappa shape index (κ2) is 4.87. The Morgan fingerprint density at radius 2 is 2.28 bits per heavy atom. The first-order valence-electron chi connectivity index (χ1n) is 5.14.